The molecule has 6 nitrogen and oxygen atoms in total. The molecule has 1 atom stereocenters. The molecule has 14 rings (SSSR count). The van der Waals surface area contributed by atoms with Gasteiger partial charge in [0.1, 0.15) is 0 Å². The number of anilines is 3. The summed E-state index contributed by atoms with van der Waals surface area (Å²) in [5.74, 6) is 0.519. The minimum atomic E-state index is -0.0132. The highest BCUT2D eigenvalue weighted by Gasteiger charge is 2.41. The van der Waals surface area contributed by atoms with Crippen LogP contribution in [-0.4, -0.2) is 37.5 Å². The first-order valence-electron chi connectivity index (χ1n) is 24.5. The highest BCUT2D eigenvalue weighted by atomic mass is 32.2. The Morgan fingerprint density at radius 1 is 0.458 bits per heavy atom. The number of Topliss-reactive ketones (excluding diaryl/α,β-unsaturated/α-hetero) is 3. The zero-order chi connectivity index (χ0) is 49.0. The summed E-state index contributed by atoms with van der Waals surface area (Å²) in [6.45, 7) is 6.00. The molecule has 8 aromatic rings. The van der Waals surface area contributed by atoms with Gasteiger partial charge in [0.2, 0.25) is 0 Å². The van der Waals surface area contributed by atoms with Gasteiger partial charge in [0.25, 0.3) is 0 Å². The van der Waals surface area contributed by atoms with E-state index in [1.54, 1.807) is 35.3 Å². The molecule has 0 saturated carbocycles. The predicted molar refractivity (Wildman–Crippen MR) is 298 cm³/mol. The molecule has 352 valence electrons. The normalized spacial score (nSPS) is 19.9. The summed E-state index contributed by atoms with van der Waals surface area (Å²) in [6.07, 6.45) is 1.48. The van der Waals surface area contributed by atoms with Crippen molar-refractivity contribution in [2.75, 3.05) is 34.8 Å². The van der Waals surface area contributed by atoms with Crippen LogP contribution in [0.25, 0.3) is 10.8 Å². The predicted octanol–water partition coefficient (Wildman–Crippen LogP) is 15.2. The van der Waals surface area contributed by atoms with Gasteiger partial charge >= 0.3 is 0 Å². The first-order valence-corrected chi connectivity index (χ1v) is 26.9. The number of carbonyl (C=O) groups is 3. The number of nitrogens with zero attached hydrogens (tertiary/aromatic N) is 3. The fourth-order valence-electron chi connectivity index (χ4n) is 10.9. The second-order valence-corrected chi connectivity index (χ2v) is 21.4. The lowest BCUT2D eigenvalue weighted by atomic mass is 9.90. The smallest absolute Gasteiger partial charge is 0.192 e. The Kier molecular flexibility index (Phi) is 12.1. The highest BCUT2D eigenvalue weighted by molar-refractivity contribution is 8.04. The van der Waals surface area contributed by atoms with Crippen LogP contribution in [0, 0.1) is 0 Å². The van der Waals surface area contributed by atoms with E-state index in [1.165, 1.54) is 48.1 Å². The number of hydrogen-bond acceptors (Lipinski definition) is 9. The minimum Gasteiger partial charge on any atom is -0.337 e. The van der Waals surface area contributed by atoms with E-state index in [0.717, 1.165) is 91.1 Å². The number of hydrogen-bond donors (Lipinski definition) is 0. The Bertz CT molecular complexity index is 3650. The van der Waals surface area contributed by atoms with Crippen LogP contribution < -0.4 is 14.7 Å². The van der Waals surface area contributed by atoms with Crippen molar-refractivity contribution < 1.29 is 14.4 Å². The largest absolute Gasteiger partial charge is 0.337 e. The molecule has 6 aliphatic rings. The van der Waals surface area contributed by atoms with Crippen molar-refractivity contribution in [3.8, 4) is 0 Å². The molecule has 3 heterocycles. The highest BCUT2D eigenvalue weighted by Crippen LogP contribution is 2.54. The second kappa shape index (κ2) is 19.0. The quantitative estimate of drug-likeness (QED) is 0.161. The summed E-state index contributed by atoms with van der Waals surface area (Å²) >= 11 is 5.16. The van der Waals surface area contributed by atoms with Crippen molar-refractivity contribution in [3.63, 3.8) is 0 Å². The van der Waals surface area contributed by atoms with Crippen molar-refractivity contribution in [1.82, 2.24) is 0 Å². The molecule has 3 aliphatic heterocycles. The van der Waals surface area contributed by atoms with E-state index in [4.69, 9.17) is 0 Å². The molecule has 0 aromatic heterocycles. The summed E-state index contributed by atoms with van der Waals surface area (Å²) in [6, 6.07) is 63.9. The van der Waals surface area contributed by atoms with Crippen LogP contribution >= 0.6 is 35.3 Å². The van der Waals surface area contributed by atoms with Crippen molar-refractivity contribution in [2.24, 2.45) is 0 Å². The number of thioether (sulfide) groups is 3. The molecule has 8 aromatic carbocycles. The summed E-state index contributed by atoms with van der Waals surface area (Å²) in [4.78, 5) is 49.5. The van der Waals surface area contributed by atoms with Crippen molar-refractivity contribution in [1.29, 1.82) is 0 Å². The number of allylic oxidation sites excluding steroid dienone is 3. The summed E-state index contributed by atoms with van der Waals surface area (Å²) in [5.41, 5.74) is 13.5. The number of benzene rings is 8. The van der Waals surface area contributed by atoms with Gasteiger partial charge in [-0.25, -0.2) is 0 Å². The van der Waals surface area contributed by atoms with Gasteiger partial charge in [0.15, 0.2) is 17.3 Å². The molecule has 1 unspecified atom stereocenters. The average Bonchev–Trinajstić information content (AvgIpc) is 4.28. The number of ketones is 3. The van der Waals surface area contributed by atoms with Crippen molar-refractivity contribution >= 4 is 80.5 Å². The van der Waals surface area contributed by atoms with E-state index in [2.05, 4.69) is 163 Å². The van der Waals surface area contributed by atoms with Gasteiger partial charge in [-0.05, 0) is 71.8 Å². The first kappa shape index (κ1) is 45.8. The second-order valence-electron chi connectivity index (χ2n) is 18.3. The lowest BCUT2D eigenvalue weighted by Crippen LogP contribution is -2.20. The van der Waals surface area contributed by atoms with Gasteiger partial charge in [0.05, 0.1) is 32.1 Å². The zero-order valence-electron chi connectivity index (χ0n) is 40.1. The monoisotopic (exact) mass is 991 g/mol. The first-order chi connectivity index (χ1) is 35.3. The van der Waals surface area contributed by atoms with Crippen LogP contribution in [0.3, 0.4) is 0 Å². The van der Waals surface area contributed by atoms with E-state index in [1.807, 2.05) is 60.7 Å². The van der Waals surface area contributed by atoms with E-state index in [0.29, 0.717) is 0 Å². The Labute approximate surface area is 433 Å². The molecule has 0 saturated heterocycles. The number of rotatable bonds is 3. The molecule has 3 aliphatic carbocycles. The minimum absolute atomic E-state index is 0.0132. The van der Waals surface area contributed by atoms with Gasteiger partial charge in [-0.3, -0.25) is 14.4 Å². The van der Waals surface area contributed by atoms with E-state index >= 15 is 0 Å². The van der Waals surface area contributed by atoms with Crippen LogP contribution in [0.2, 0.25) is 0 Å². The molecule has 0 fully saturated rings. The Morgan fingerprint density at radius 3 is 1.60 bits per heavy atom. The van der Waals surface area contributed by atoms with Crippen molar-refractivity contribution in [2.45, 2.75) is 47.3 Å². The number of carbonyl (C=O) groups excluding carboxylic acids is 3. The average molecular weight is 992 g/mol. The van der Waals surface area contributed by atoms with Crippen LogP contribution in [-0.2, 0) is 12.8 Å². The third-order valence-electron chi connectivity index (χ3n) is 14.3. The van der Waals surface area contributed by atoms with Gasteiger partial charge in [0, 0.05) is 92.4 Å². The molecule has 72 heavy (non-hydrogen) atoms. The van der Waals surface area contributed by atoms with Crippen LogP contribution in [0.5, 0.6) is 0 Å². The third-order valence-corrected chi connectivity index (χ3v) is 18.0. The summed E-state index contributed by atoms with van der Waals surface area (Å²) < 4.78 is 0. The maximum atomic E-state index is 13.5. The lowest BCUT2D eigenvalue weighted by Gasteiger charge is -2.22. The molecule has 9 heteroatoms. The topological polar surface area (TPSA) is 60.9 Å². The lowest BCUT2D eigenvalue weighted by molar-refractivity contribution is 0.103. The molecular formula is C63H49N3O3S3. The van der Waals surface area contributed by atoms with Crippen LogP contribution in [0.1, 0.15) is 73.1 Å². The fourth-order valence-corrected chi connectivity index (χ4v) is 14.7. The molecule has 0 spiro atoms. The van der Waals surface area contributed by atoms with Crippen LogP contribution in [0.15, 0.2) is 235 Å². The summed E-state index contributed by atoms with van der Waals surface area (Å²) in [7, 11) is 2.07. The van der Waals surface area contributed by atoms with E-state index in [9.17, 15) is 14.4 Å². The Hall–Kier alpha value is -7.30. The standard InChI is InChI=1S/C24H19NOS.C21H15NOS.C18H15NOS/c1-2-25-19-14-8-9-15-20(19)27-24(25)22-21(16-10-4-3-5-11-16)17-12-6-7-13-18(17)23(22)26;1-22-19-15-8-4-2-6-13(15)10-11-18(19)24-21(22)17-12-14-7-3-5-9-16(14)20(17)23;1-2-19-15-9-5-6-10-16(15)21-18(19)14-11-12-7-3-4-8-13(12)17(14)20/h3-15,21H,2H2,1H3;2-11H,12H2,1H3;3-10H,2,11H2,1H3/b24-22-;21-17-;18-14-. The Morgan fingerprint density at radius 2 is 0.958 bits per heavy atom. The van der Waals surface area contributed by atoms with Gasteiger partial charge < -0.3 is 14.7 Å². The molecule has 0 amide bonds. The summed E-state index contributed by atoms with van der Waals surface area (Å²) in [5, 5.41) is 5.73. The molecular weight excluding hydrogens is 943 g/mol. The SMILES string of the molecule is CCN1/C(=C2/C(=O)c3ccccc3C2c2ccccc2)Sc2ccccc21.CCN1/C(=C2\Cc3ccccc3C2=O)Sc2ccccc21.CN1/C(=C2\Cc3ccccc3C2=O)Sc2ccc3ccccc3c21. The fraction of sp³-hybridized carbons (Fsp3) is 0.127. The molecule has 0 bridgehead atoms. The van der Waals surface area contributed by atoms with Gasteiger partial charge in [-0.2, -0.15) is 0 Å². The number of fused-ring (bicyclic) bond motifs is 8. The number of para-hydroxylation sites is 2. The molecule has 0 radical (unpaired) electrons. The van der Waals surface area contributed by atoms with Gasteiger partial charge in [-0.15, -0.1) is 0 Å². The molecule has 0 N–H and O–H groups in total. The maximum absolute atomic E-state index is 13.5. The Balaban J connectivity index is 0.000000111. The maximum Gasteiger partial charge on any atom is 0.192 e. The van der Waals surface area contributed by atoms with E-state index in [-0.39, 0.29) is 23.3 Å². The third kappa shape index (κ3) is 7.73. The van der Waals surface area contributed by atoms with Gasteiger partial charge in [-0.1, -0.05) is 193 Å². The van der Waals surface area contributed by atoms with E-state index < -0.39 is 0 Å². The van der Waals surface area contributed by atoms with Crippen LogP contribution in [0.4, 0.5) is 17.1 Å². The van der Waals surface area contributed by atoms with Crippen molar-refractivity contribution in [3.05, 3.63) is 259 Å². The zero-order valence-corrected chi connectivity index (χ0v) is 42.5.